The molecule has 2 N–H and O–H groups in total. The van der Waals surface area contributed by atoms with E-state index in [1.54, 1.807) is 11.3 Å². The van der Waals surface area contributed by atoms with Crippen LogP contribution in [-0.2, 0) is 4.79 Å². The minimum absolute atomic E-state index is 0.0204. The van der Waals surface area contributed by atoms with Crippen molar-refractivity contribution in [3.63, 3.8) is 0 Å². The van der Waals surface area contributed by atoms with E-state index in [2.05, 4.69) is 20.5 Å². The van der Waals surface area contributed by atoms with Crippen molar-refractivity contribution in [2.45, 2.75) is 31.5 Å². The fraction of sp³-hybridized carbons (Fsp3) is 0.357. The summed E-state index contributed by atoms with van der Waals surface area (Å²) in [5, 5.41) is 12.4. The Morgan fingerprint density at radius 3 is 2.95 bits per heavy atom. The van der Waals surface area contributed by atoms with Crippen LogP contribution < -0.4 is 5.32 Å². The quantitative estimate of drug-likeness (QED) is 0.830. The second-order valence-electron chi connectivity index (χ2n) is 5.44. The van der Waals surface area contributed by atoms with Crippen LogP contribution in [0.25, 0.3) is 12.2 Å². The summed E-state index contributed by atoms with van der Waals surface area (Å²) < 4.78 is 0. The van der Waals surface area contributed by atoms with Gasteiger partial charge in [-0.25, -0.2) is 4.98 Å². The molecule has 0 saturated carbocycles. The van der Waals surface area contributed by atoms with Gasteiger partial charge in [-0.3, -0.25) is 9.89 Å². The van der Waals surface area contributed by atoms with E-state index in [4.69, 9.17) is 0 Å². The normalized spacial score (nSPS) is 12.0. The standard InChI is InChI=1S/C14H18N4OS2/c1-14(2,3)16-12(19)9-21-13-15-11(17-18-13)7-6-10-5-4-8-20-10/h4-8H,9H2,1-3H3,(H,16,19)(H,15,17,18). The highest BCUT2D eigenvalue weighted by Gasteiger charge is 2.14. The predicted molar refractivity (Wildman–Crippen MR) is 88.2 cm³/mol. The number of nitrogens with zero attached hydrogens (tertiary/aromatic N) is 2. The highest BCUT2D eigenvalue weighted by molar-refractivity contribution is 7.99. The minimum Gasteiger partial charge on any atom is -0.351 e. The number of hydrogen-bond donors (Lipinski definition) is 2. The molecule has 1 amide bonds. The van der Waals surface area contributed by atoms with Crippen molar-refractivity contribution in [3.8, 4) is 0 Å². The lowest BCUT2D eigenvalue weighted by Gasteiger charge is -2.19. The van der Waals surface area contributed by atoms with Gasteiger partial charge in [0.1, 0.15) is 5.82 Å². The molecule has 0 fully saturated rings. The zero-order chi connectivity index (χ0) is 15.3. The van der Waals surface area contributed by atoms with Gasteiger partial charge in [0.2, 0.25) is 11.1 Å². The van der Waals surface area contributed by atoms with E-state index in [-0.39, 0.29) is 11.4 Å². The zero-order valence-electron chi connectivity index (χ0n) is 12.2. The van der Waals surface area contributed by atoms with Gasteiger partial charge in [-0.05, 0) is 44.4 Å². The third-order valence-corrected chi connectivity index (χ3v) is 3.96. The lowest BCUT2D eigenvalue weighted by atomic mass is 10.1. The van der Waals surface area contributed by atoms with Crippen molar-refractivity contribution < 1.29 is 4.79 Å². The number of amides is 1. The highest BCUT2D eigenvalue weighted by Crippen LogP contribution is 2.15. The van der Waals surface area contributed by atoms with Crippen LogP contribution in [0.2, 0.25) is 0 Å². The van der Waals surface area contributed by atoms with Gasteiger partial charge in [0.15, 0.2) is 0 Å². The van der Waals surface area contributed by atoms with E-state index in [9.17, 15) is 4.79 Å². The maximum atomic E-state index is 11.7. The summed E-state index contributed by atoms with van der Waals surface area (Å²) in [7, 11) is 0. The first kappa shape index (κ1) is 15.8. The second-order valence-corrected chi connectivity index (χ2v) is 7.36. The summed E-state index contributed by atoms with van der Waals surface area (Å²) in [6.07, 6.45) is 3.85. The van der Waals surface area contributed by atoms with Crippen molar-refractivity contribution in [2.75, 3.05) is 5.75 Å². The van der Waals surface area contributed by atoms with Gasteiger partial charge in [0.05, 0.1) is 5.75 Å². The first-order valence-corrected chi connectivity index (χ1v) is 8.37. The van der Waals surface area contributed by atoms with Gasteiger partial charge in [0, 0.05) is 10.4 Å². The first-order chi connectivity index (χ1) is 9.92. The van der Waals surface area contributed by atoms with Crippen LogP contribution in [0.5, 0.6) is 0 Å². The molecule has 0 unspecified atom stereocenters. The van der Waals surface area contributed by atoms with Crippen LogP contribution in [0.1, 0.15) is 31.5 Å². The number of nitrogens with one attached hydrogen (secondary N) is 2. The van der Waals surface area contributed by atoms with Crippen molar-refractivity contribution in [2.24, 2.45) is 0 Å². The molecule has 2 heterocycles. The number of hydrogen-bond acceptors (Lipinski definition) is 5. The maximum Gasteiger partial charge on any atom is 0.230 e. The molecule has 0 atom stereocenters. The summed E-state index contributed by atoms with van der Waals surface area (Å²) in [5.41, 5.74) is -0.217. The van der Waals surface area contributed by atoms with Crippen LogP contribution in [0, 0.1) is 0 Å². The molecule has 2 aromatic rings. The molecule has 21 heavy (non-hydrogen) atoms. The summed E-state index contributed by atoms with van der Waals surface area (Å²) in [6.45, 7) is 5.86. The number of carbonyl (C=O) groups excluding carboxylic acids is 1. The summed E-state index contributed by atoms with van der Waals surface area (Å²) >= 11 is 2.98. The van der Waals surface area contributed by atoms with Crippen molar-refractivity contribution >= 4 is 41.2 Å². The number of aromatic amines is 1. The van der Waals surface area contributed by atoms with Gasteiger partial charge in [-0.2, -0.15) is 0 Å². The van der Waals surface area contributed by atoms with Gasteiger partial charge < -0.3 is 5.32 Å². The van der Waals surface area contributed by atoms with E-state index in [0.717, 1.165) is 4.88 Å². The second kappa shape index (κ2) is 6.91. The third-order valence-electron chi connectivity index (χ3n) is 2.28. The molecule has 112 valence electrons. The minimum atomic E-state index is -0.217. The third kappa shape index (κ3) is 5.73. The molecule has 7 heteroatoms. The number of thiophene rings is 1. The van der Waals surface area contributed by atoms with E-state index in [0.29, 0.717) is 16.7 Å². The molecule has 0 aromatic carbocycles. The molecule has 2 aromatic heterocycles. The Hall–Kier alpha value is -1.60. The van der Waals surface area contributed by atoms with Crippen molar-refractivity contribution in [1.82, 2.24) is 20.5 Å². The Labute approximate surface area is 132 Å². The molecule has 5 nitrogen and oxygen atoms in total. The molecule has 0 radical (unpaired) electrons. The molecule has 0 bridgehead atoms. The van der Waals surface area contributed by atoms with E-state index in [1.807, 2.05) is 50.4 Å². The lowest BCUT2D eigenvalue weighted by molar-refractivity contribution is -0.119. The molecule has 0 aliphatic carbocycles. The number of H-pyrrole nitrogens is 1. The Morgan fingerprint density at radius 1 is 1.48 bits per heavy atom. The van der Waals surface area contributed by atoms with Gasteiger partial charge in [-0.15, -0.1) is 16.4 Å². The Balaban J connectivity index is 1.84. The number of thioether (sulfide) groups is 1. The monoisotopic (exact) mass is 322 g/mol. The van der Waals surface area contributed by atoms with E-state index in [1.165, 1.54) is 11.8 Å². The van der Waals surface area contributed by atoms with Crippen molar-refractivity contribution in [1.29, 1.82) is 0 Å². The molecule has 0 saturated heterocycles. The number of rotatable bonds is 5. The van der Waals surface area contributed by atoms with Crippen LogP contribution in [0.3, 0.4) is 0 Å². The average Bonchev–Trinajstić information content (AvgIpc) is 3.03. The highest BCUT2D eigenvalue weighted by atomic mass is 32.2. The van der Waals surface area contributed by atoms with Gasteiger partial charge >= 0.3 is 0 Å². The smallest absolute Gasteiger partial charge is 0.230 e. The molecule has 2 rings (SSSR count). The Morgan fingerprint density at radius 2 is 2.29 bits per heavy atom. The summed E-state index contributed by atoms with van der Waals surface area (Å²) in [5.74, 6) is 0.971. The average molecular weight is 322 g/mol. The van der Waals surface area contributed by atoms with Crippen LogP contribution in [-0.4, -0.2) is 32.4 Å². The fourth-order valence-corrected chi connectivity index (χ4v) is 2.75. The summed E-state index contributed by atoms with van der Waals surface area (Å²) in [6, 6.07) is 4.03. The maximum absolute atomic E-state index is 11.7. The van der Waals surface area contributed by atoms with Crippen LogP contribution >= 0.6 is 23.1 Å². The molecule has 0 spiro atoms. The molecular weight excluding hydrogens is 304 g/mol. The van der Waals surface area contributed by atoms with Crippen LogP contribution in [0.4, 0.5) is 0 Å². The Bertz CT molecular complexity index is 611. The van der Waals surface area contributed by atoms with Crippen molar-refractivity contribution in [3.05, 3.63) is 28.2 Å². The summed E-state index contributed by atoms with van der Waals surface area (Å²) in [4.78, 5) is 17.2. The number of aromatic nitrogens is 3. The van der Waals surface area contributed by atoms with Gasteiger partial charge in [-0.1, -0.05) is 17.8 Å². The SMILES string of the molecule is CC(C)(C)NC(=O)CSc1n[nH]c(C=Cc2cccs2)n1. The van der Waals surface area contributed by atoms with Gasteiger partial charge in [0.25, 0.3) is 0 Å². The number of carbonyl (C=O) groups is 1. The predicted octanol–water partition coefficient (Wildman–Crippen LogP) is 3.04. The fourth-order valence-electron chi connectivity index (χ4n) is 1.53. The topological polar surface area (TPSA) is 70.7 Å². The zero-order valence-corrected chi connectivity index (χ0v) is 13.8. The Kier molecular flexibility index (Phi) is 5.19. The van der Waals surface area contributed by atoms with Crippen LogP contribution in [0.15, 0.2) is 22.7 Å². The molecule has 0 aliphatic rings. The lowest BCUT2D eigenvalue weighted by Crippen LogP contribution is -2.41. The largest absolute Gasteiger partial charge is 0.351 e. The van der Waals surface area contributed by atoms with E-state index < -0.39 is 0 Å². The molecule has 0 aliphatic heterocycles. The first-order valence-electron chi connectivity index (χ1n) is 6.50. The van der Waals surface area contributed by atoms with E-state index >= 15 is 0 Å². The molecular formula is C14H18N4OS2.